The number of likely N-dealkylation sites (N-methyl/N-ethyl adjacent to an activating group) is 1. The number of aromatic nitrogens is 1. The largest absolute Gasteiger partial charge is 0.492 e. The Morgan fingerprint density at radius 2 is 2.00 bits per heavy atom. The van der Waals surface area contributed by atoms with Crippen molar-refractivity contribution in [2.45, 2.75) is 17.7 Å². The molecule has 1 aromatic heterocycles. The summed E-state index contributed by atoms with van der Waals surface area (Å²) in [4.78, 5) is 17.6. The number of aromatic amines is 1. The minimum Gasteiger partial charge on any atom is -0.492 e. The number of carbonyl (C=O) groups is 1. The van der Waals surface area contributed by atoms with Crippen LogP contribution in [0.5, 0.6) is 17.2 Å². The minimum atomic E-state index is -3.99. The Kier molecular flexibility index (Phi) is 4.98. The minimum absolute atomic E-state index is 0.0406. The van der Waals surface area contributed by atoms with E-state index in [2.05, 4.69) is 9.71 Å². The molecule has 0 bridgehead atoms. The summed E-state index contributed by atoms with van der Waals surface area (Å²) in [5.74, 6) is 0.142. The highest BCUT2D eigenvalue weighted by Gasteiger charge is 2.40. The Labute approximate surface area is 185 Å². The van der Waals surface area contributed by atoms with E-state index in [1.807, 2.05) is 30.5 Å². The van der Waals surface area contributed by atoms with Crippen LogP contribution in [0.25, 0.3) is 10.9 Å². The number of hydrogen-bond donors (Lipinski definition) is 2. The molecule has 3 aromatic rings. The van der Waals surface area contributed by atoms with Gasteiger partial charge in [-0.3, -0.25) is 4.79 Å². The van der Waals surface area contributed by atoms with Crippen LogP contribution in [0.2, 0.25) is 0 Å². The van der Waals surface area contributed by atoms with Crippen molar-refractivity contribution in [3.8, 4) is 17.2 Å². The summed E-state index contributed by atoms with van der Waals surface area (Å²) in [6.07, 6.45) is 2.75. The first-order valence-electron chi connectivity index (χ1n) is 10.2. The number of carbonyl (C=O) groups excluding carboxylic acids is 1. The lowest BCUT2D eigenvalue weighted by Gasteiger charge is -2.28. The van der Waals surface area contributed by atoms with Crippen molar-refractivity contribution in [2.75, 3.05) is 34.0 Å². The fourth-order valence-corrected chi connectivity index (χ4v) is 5.80. The van der Waals surface area contributed by atoms with Gasteiger partial charge in [0, 0.05) is 37.2 Å². The molecule has 0 aliphatic carbocycles. The molecule has 0 saturated heterocycles. The van der Waals surface area contributed by atoms with Gasteiger partial charge in [-0.15, -0.1) is 0 Å². The van der Waals surface area contributed by atoms with Crippen LogP contribution in [0, 0.1) is 0 Å². The summed E-state index contributed by atoms with van der Waals surface area (Å²) < 4.78 is 46.0. The lowest BCUT2D eigenvalue weighted by molar-refractivity contribution is 0.0775. The Morgan fingerprint density at radius 3 is 2.81 bits per heavy atom. The number of nitrogens with one attached hydrogen (secondary N) is 2. The quantitative estimate of drug-likeness (QED) is 0.586. The predicted molar refractivity (Wildman–Crippen MR) is 117 cm³/mol. The van der Waals surface area contributed by atoms with Gasteiger partial charge in [-0.05, 0) is 30.0 Å². The van der Waals surface area contributed by atoms with E-state index >= 15 is 0 Å². The molecule has 0 saturated carbocycles. The molecule has 32 heavy (non-hydrogen) atoms. The second-order valence-corrected chi connectivity index (χ2v) is 9.47. The van der Waals surface area contributed by atoms with Crippen LogP contribution in [-0.4, -0.2) is 58.2 Å². The molecule has 1 amide bonds. The number of H-pyrrole nitrogens is 1. The molecule has 5 rings (SSSR count). The summed E-state index contributed by atoms with van der Waals surface area (Å²) in [6.45, 7) is 0.442. The topological polar surface area (TPSA) is 110 Å². The molecule has 2 aliphatic heterocycles. The molecule has 3 heterocycles. The molecule has 168 valence electrons. The number of para-hydroxylation sites is 1. The number of ether oxygens (including phenoxy) is 3. The van der Waals surface area contributed by atoms with Gasteiger partial charge in [0.1, 0.15) is 4.90 Å². The summed E-state index contributed by atoms with van der Waals surface area (Å²) in [7, 11) is -0.898. The molecule has 0 radical (unpaired) electrons. The Bertz CT molecular complexity index is 1330. The van der Waals surface area contributed by atoms with Gasteiger partial charge in [0.05, 0.1) is 12.7 Å². The molecular weight excluding hydrogens is 434 g/mol. The number of sulfonamides is 1. The molecule has 2 aromatic carbocycles. The maximum Gasteiger partial charge on any atom is 0.257 e. The van der Waals surface area contributed by atoms with Gasteiger partial charge >= 0.3 is 0 Å². The third-order valence-electron chi connectivity index (χ3n) is 5.92. The van der Waals surface area contributed by atoms with E-state index in [1.54, 1.807) is 7.05 Å². The molecule has 9 nitrogen and oxygen atoms in total. The lowest BCUT2D eigenvalue weighted by Crippen LogP contribution is -2.36. The van der Waals surface area contributed by atoms with Crippen LogP contribution < -0.4 is 18.9 Å². The molecular formula is C22H23N3O6S. The van der Waals surface area contributed by atoms with E-state index in [4.69, 9.17) is 14.2 Å². The van der Waals surface area contributed by atoms with Crippen molar-refractivity contribution in [3.05, 3.63) is 47.2 Å². The third kappa shape index (κ3) is 3.18. The summed E-state index contributed by atoms with van der Waals surface area (Å²) in [5.41, 5.74) is 2.62. The monoisotopic (exact) mass is 457 g/mol. The van der Waals surface area contributed by atoms with E-state index in [9.17, 15) is 13.2 Å². The molecule has 2 N–H and O–H groups in total. The number of amides is 1. The summed E-state index contributed by atoms with van der Waals surface area (Å²) >= 11 is 0. The van der Waals surface area contributed by atoms with Crippen LogP contribution in [0.3, 0.4) is 0 Å². The zero-order valence-electron chi connectivity index (χ0n) is 17.7. The second kappa shape index (κ2) is 7.72. The van der Waals surface area contributed by atoms with Crippen molar-refractivity contribution >= 4 is 26.8 Å². The zero-order chi connectivity index (χ0) is 22.5. The number of benzene rings is 2. The van der Waals surface area contributed by atoms with Crippen LogP contribution in [-0.2, 0) is 22.9 Å². The van der Waals surface area contributed by atoms with Gasteiger partial charge in [0.2, 0.25) is 22.6 Å². The molecule has 0 fully saturated rings. The average molecular weight is 458 g/mol. The molecule has 0 atom stereocenters. The Hall–Kier alpha value is -3.24. The SMILES string of the molecule is COc1c2c(c(S(=O)(=O)NCCc3c[nH]c4ccccc34)c3c1C(=O)N(C)CC3)OCO2. The van der Waals surface area contributed by atoms with Crippen LogP contribution in [0.1, 0.15) is 21.5 Å². The first-order chi connectivity index (χ1) is 15.4. The first-order valence-corrected chi connectivity index (χ1v) is 11.7. The standard InChI is InChI=1S/C22H23N3O6S/c1-25-10-8-15-17(22(25)26)18(29-2)19-20(31-12-30-19)21(15)32(27,28)24-9-7-13-11-23-16-6-4-3-5-14(13)16/h3-6,11,23-24H,7-10,12H2,1-2H3. The van der Waals surface area contributed by atoms with E-state index in [0.717, 1.165) is 16.5 Å². The van der Waals surface area contributed by atoms with Gasteiger partial charge in [0.15, 0.2) is 11.5 Å². The van der Waals surface area contributed by atoms with Gasteiger partial charge in [-0.25, -0.2) is 13.1 Å². The number of methoxy groups -OCH3 is 1. The maximum absolute atomic E-state index is 13.4. The van der Waals surface area contributed by atoms with E-state index in [1.165, 1.54) is 12.0 Å². The van der Waals surface area contributed by atoms with Crippen molar-refractivity contribution in [2.24, 2.45) is 0 Å². The van der Waals surface area contributed by atoms with Gasteiger partial charge in [-0.1, -0.05) is 18.2 Å². The second-order valence-electron chi connectivity index (χ2n) is 7.76. The Morgan fingerprint density at radius 1 is 1.22 bits per heavy atom. The third-order valence-corrected chi connectivity index (χ3v) is 7.47. The molecule has 2 aliphatic rings. The molecule has 10 heteroatoms. The zero-order valence-corrected chi connectivity index (χ0v) is 18.5. The van der Waals surface area contributed by atoms with E-state index < -0.39 is 10.0 Å². The number of hydrogen-bond acceptors (Lipinski definition) is 6. The van der Waals surface area contributed by atoms with Crippen LogP contribution in [0.4, 0.5) is 0 Å². The van der Waals surface area contributed by atoms with Crippen molar-refractivity contribution in [3.63, 3.8) is 0 Å². The van der Waals surface area contributed by atoms with Crippen molar-refractivity contribution in [1.82, 2.24) is 14.6 Å². The Balaban J connectivity index is 1.51. The van der Waals surface area contributed by atoms with Crippen LogP contribution >= 0.6 is 0 Å². The fraction of sp³-hybridized carbons (Fsp3) is 0.318. The van der Waals surface area contributed by atoms with Gasteiger partial charge < -0.3 is 24.1 Å². The van der Waals surface area contributed by atoms with Crippen molar-refractivity contribution < 1.29 is 27.4 Å². The first kappa shape index (κ1) is 20.7. The van der Waals surface area contributed by atoms with E-state index in [0.29, 0.717) is 24.9 Å². The highest BCUT2D eigenvalue weighted by Crippen LogP contribution is 2.51. The van der Waals surface area contributed by atoms with Crippen molar-refractivity contribution in [1.29, 1.82) is 0 Å². The van der Waals surface area contributed by atoms with Gasteiger partial charge in [0.25, 0.3) is 5.91 Å². The highest BCUT2D eigenvalue weighted by molar-refractivity contribution is 7.89. The number of rotatable bonds is 6. The normalized spacial score (nSPS) is 15.3. The number of nitrogens with zero attached hydrogens (tertiary/aromatic N) is 1. The summed E-state index contributed by atoms with van der Waals surface area (Å²) in [5, 5.41) is 1.06. The number of fused-ring (bicyclic) bond motifs is 3. The lowest BCUT2D eigenvalue weighted by atomic mass is 9.97. The maximum atomic E-state index is 13.4. The van der Waals surface area contributed by atoms with E-state index in [-0.39, 0.29) is 47.0 Å². The summed E-state index contributed by atoms with van der Waals surface area (Å²) in [6, 6.07) is 7.86. The average Bonchev–Trinajstić information content (AvgIpc) is 3.42. The van der Waals surface area contributed by atoms with Crippen LogP contribution in [0.15, 0.2) is 35.4 Å². The predicted octanol–water partition coefficient (Wildman–Crippen LogP) is 2.05. The molecule has 0 spiro atoms. The molecule has 0 unspecified atom stereocenters. The smallest absolute Gasteiger partial charge is 0.257 e. The highest BCUT2D eigenvalue weighted by atomic mass is 32.2. The van der Waals surface area contributed by atoms with Gasteiger partial charge in [-0.2, -0.15) is 0 Å². The fourth-order valence-electron chi connectivity index (χ4n) is 4.36.